The molecule has 1 amide bonds. The third-order valence-corrected chi connectivity index (χ3v) is 4.74. The molecule has 6 nitrogen and oxygen atoms in total. The maximum Gasteiger partial charge on any atom is 0.246 e. The third-order valence-electron chi connectivity index (χ3n) is 4.34. The lowest BCUT2D eigenvalue weighted by molar-refractivity contribution is -0.131. The molecule has 0 spiro atoms. The molecule has 3 rings (SSSR count). The Morgan fingerprint density at radius 3 is 2.77 bits per heavy atom. The Kier molecular flexibility index (Phi) is 5.32. The van der Waals surface area contributed by atoms with E-state index in [-0.39, 0.29) is 18.2 Å². The molecule has 0 fully saturated rings. The number of fused-ring (bicyclic) bond motifs is 1. The molecular formula is C19H22ClN3O3. The average Bonchev–Trinajstić information content (AvgIpc) is 3.21. The maximum absolute atomic E-state index is 12.7. The van der Waals surface area contributed by atoms with Crippen molar-refractivity contribution in [1.82, 2.24) is 15.0 Å². The van der Waals surface area contributed by atoms with Crippen molar-refractivity contribution in [3.05, 3.63) is 46.3 Å². The standard InChI is InChI=1S/C19H22ClN3O3/c1-5-23(9-17-21-19(11(2)3)22-26-17)18(24)7-13-10-25-16-6-12(4)15(20)8-14(13)16/h6,8,10-11H,5,7,9H2,1-4H3. The maximum atomic E-state index is 12.7. The lowest BCUT2D eigenvalue weighted by Gasteiger charge is -2.18. The lowest BCUT2D eigenvalue weighted by atomic mass is 10.1. The van der Waals surface area contributed by atoms with Gasteiger partial charge < -0.3 is 13.8 Å². The summed E-state index contributed by atoms with van der Waals surface area (Å²) in [5.74, 6) is 1.24. The number of furan rings is 1. The number of amides is 1. The van der Waals surface area contributed by atoms with Crippen LogP contribution in [0, 0.1) is 6.92 Å². The highest BCUT2D eigenvalue weighted by Gasteiger charge is 2.19. The summed E-state index contributed by atoms with van der Waals surface area (Å²) in [5.41, 5.74) is 2.49. The number of halogens is 1. The van der Waals surface area contributed by atoms with E-state index >= 15 is 0 Å². The van der Waals surface area contributed by atoms with Gasteiger partial charge >= 0.3 is 0 Å². The van der Waals surface area contributed by atoms with Gasteiger partial charge in [0.25, 0.3) is 0 Å². The van der Waals surface area contributed by atoms with Crippen LogP contribution in [0.1, 0.15) is 49.5 Å². The number of likely N-dealkylation sites (N-methyl/N-ethyl adjacent to an activating group) is 1. The van der Waals surface area contributed by atoms with Crippen LogP contribution in [0.4, 0.5) is 0 Å². The van der Waals surface area contributed by atoms with Gasteiger partial charge in [-0.15, -0.1) is 0 Å². The summed E-state index contributed by atoms with van der Waals surface area (Å²) >= 11 is 6.21. The average molecular weight is 376 g/mol. The first kappa shape index (κ1) is 18.5. The number of nitrogens with zero attached hydrogens (tertiary/aromatic N) is 3. The molecule has 0 saturated heterocycles. The molecule has 2 heterocycles. The Morgan fingerprint density at radius 1 is 1.35 bits per heavy atom. The molecule has 0 aliphatic heterocycles. The van der Waals surface area contributed by atoms with Crippen LogP contribution >= 0.6 is 11.6 Å². The molecule has 3 aromatic rings. The van der Waals surface area contributed by atoms with Crippen molar-refractivity contribution in [2.24, 2.45) is 0 Å². The van der Waals surface area contributed by atoms with E-state index in [1.165, 1.54) is 0 Å². The third kappa shape index (κ3) is 3.75. The van der Waals surface area contributed by atoms with Crippen molar-refractivity contribution in [1.29, 1.82) is 0 Å². The topological polar surface area (TPSA) is 72.4 Å². The molecule has 7 heteroatoms. The normalized spacial score (nSPS) is 11.5. The fourth-order valence-corrected chi connectivity index (χ4v) is 2.88. The summed E-state index contributed by atoms with van der Waals surface area (Å²) in [5, 5.41) is 5.47. The smallest absolute Gasteiger partial charge is 0.246 e. The van der Waals surface area contributed by atoms with Crippen molar-refractivity contribution in [2.75, 3.05) is 6.54 Å². The summed E-state index contributed by atoms with van der Waals surface area (Å²) in [4.78, 5) is 18.8. The Bertz CT molecular complexity index is 929. The number of carbonyl (C=O) groups excluding carboxylic acids is 1. The van der Waals surface area contributed by atoms with E-state index in [9.17, 15) is 4.79 Å². The van der Waals surface area contributed by atoms with Crippen LogP contribution in [-0.4, -0.2) is 27.5 Å². The number of aromatic nitrogens is 2. The van der Waals surface area contributed by atoms with Crippen LogP contribution in [0.25, 0.3) is 11.0 Å². The van der Waals surface area contributed by atoms with Crippen LogP contribution in [0.15, 0.2) is 27.3 Å². The summed E-state index contributed by atoms with van der Waals surface area (Å²) in [7, 11) is 0. The summed E-state index contributed by atoms with van der Waals surface area (Å²) in [6.45, 7) is 8.68. The largest absolute Gasteiger partial charge is 0.464 e. The predicted molar refractivity (Wildman–Crippen MR) is 99.1 cm³/mol. The van der Waals surface area contributed by atoms with Gasteiger partial charge in [0, 0.05) is 28.4 Å². The van der Waals surface area contributed by atoms with Crippen LogP contribution in [0.5, 0.6) is 0 Å². The van der Waals surface area contributed by atoms with E-state index in [1.807, 2.05) is 39.8 Å². The molecule has 0 unspecified atom stereocenters. The molecule has 0 aliphatic rings. The van der Waals surface area contributed by atoms with Crippen molar-refractivity contribution in [3.8, 4) is 0 Å². The van der Waals surface area contributed by atoms with E-state index < -0.39 is 0 Å². The highest BCUT2D eigenvalue weighted by Crippen LogP contribution is 2.28. The highest BCUT2D eigenvalue weighted by molar-refractivity contribution is 6.32. The minimum absolute atomic E-state index is 0.0313. The molecule has 0 atom stereocenters. The molecular weight excluding hydrogens is 354 g/mol. The second-order valence-electron chi connectivity index (χ2n) is 6.64. The van der Waals surface area contributed by atoms with Gasteiger partial charge in [0.15, 0.2) is 5.82 Å². The van der Waals surface area contributed by atoms with E-state index in [1.54, 1.807) is 11.2 Å². The summed E-state index contributed by atoms with van der Waals surface area (Å²) in [6, 6.07) is 3.73. The van der Waals surface area contributed by atoms with Crippen molar-refractivity contribution < 1.29 is 13.7 Å². The van der Waals surface area contributed by atoms with Gasteiger partial charge in [-0.3, -0.25) is 4.79 Å². The molecule has 2 aromatic heterocycles. The molecule has 0 N–H and O–H groups in total. The lowest BCUT2D eigenvalue weighted by Crippen LogP contribution is -2.31. The molecule has 0 radical (unpaired) electrons. The number of aryl methyl sites for hydroxylation is 1. The molecule has 0 saturated carbocycles. The Hall–Kier alpha value is -2.34. The number of carbonyl (C=O) groups is 1. The van der Waals surface area contributed by atoms with Gasteiger partial charge in [0.05, 0.1) is 19.2 Å². The molecule has 26 heavy (non-hydrogen) atoms. The van der Waals surface area contributed by atoms with Crippen molar-refractivity contribution in [2.45, 2.75) is 46.6 Å². The van der Waals surface area contributed by atoms with E-state index in [4.69, 9.17) is 20.5 Å². The fraction of sp³-hybridized carbons (Fsp3) is 0.421. The van der Waals surface area contributed by atoms with Gasteiger partial charge in [-0.05, 0) is 31.5 Å². The molecule has 0 bridgehead atoms. The zero-order valence-corrected chi connectivity index (χ0v) is 16.1. The number of rotatable bonds is 6. The molecule has 1 aromatic carbocycles. The zero-order valence-electron chi connectivity index (χ0n) is 15.4. The zero-order chi connectivity index (χ0) is 18.8. The molecule has 0 aliphatic carbocycles. The summed E-state index contributed by atoms with van der Waals surface area (Å²) in [6.07, 6.45) is 1.85. The first-order chi connectivity index (χ1) is 12.4. The second kappa shape index (κ2) is 7.50. The second-order valence-corrected chi connectivity index (χ2v) is 7.05. The van der Waals surface area contributed by atoms with Gasteiger partial charge in [-0.25, -0.2) is 0 Å². The quantitative estimate of drug-likeness (QED) is 0.634. The van der Waals surface area contributed by atoms with E-state index in [0.717, 1.165) is 22.1 Å². The van der Waals surface area contributed by atoms with E-state index in [0.29, 0.717) is 29.8 Å². The Morgan fingerprint density at radius 2 is 2.12 bits per heavy atom. The van der Waals surface area contributed by atoms with Crippen molar-refractivity contribution >= 4 is 28.5 Å². The SMILES string of the molecule is CCN(Cc1nc(C(C)C)no1)C(=O)Cc1coc2cc(C)c(Cl)cc12. The van der Waals surface area contributed by atoms with Crippen LogP contribution in [0.3, 0.4) is 0 Å². The number of hydrogen-bond donors (Lipinski definition) is 0. The van der Waals surface area contributed by atoms with E-state index in [2.05, 4.69) is 10.1 Å². The first-order valence-electron chi connectivity index (χ1n) is 8.65. The van der Waals surface area contributed by atoms with Gasteiger partial charge in [0.1, 0.15) is 5.58 Å². The first-order valence-corrected chi connectivity index (χ1v) is 9.03. The summed E-state index contributed by atoms with van der Waals surface area (Å²) < 4.78 is 10.8. The van der Waals surface area contributed by atoms with Crippen molar-refractivity contribution in [3.63, 3.8) is 0 Å². The molecule has 138 valence electrons. The Labute approximate surface area is 157 Å². The number of hydrogen-bond acceptors (Lipinski definition) is 5. The number of benzene rings is 1. The van der Waals surface area contributed by atoms with Crippen LogP contribution in [-0.2, 0) is 17.8 Å². The van der Waals surface area contributed by atoms with Crippen LogP contribution < -0.4 is 0 Å². The van der Waals surface area contributed by atoms with Crippen LogP contribution in [0.2, 0.25) is 5.02 Å². The van der Waals surface area contributed by atoms with Gasteiger partial charge in [-0.1, -0.05) is 30.6 Å². The minimum Gasteiger partial charge on any atom is -0.464 e. The predicted octanol–water partition coefficient (Wildman–Crippen LogP) is 4.49. The Balaban J connectivity index is 1.76. The highest BCUT2D eigenvalue weighted by atomic mass is 35.5. The van der Waals surface area contributed by atoms with Gasteiger partial charge in [-0.2, -0.15) is 4.98 Å². The minimum atomic E-state index is -0.0313. The fourth-order valence-electron chi connectivity index (χ4n) is 2.72. The monoisotopic (exact) mass is 375 g/mol. The van der Waals surface area contributed by atoms with Gasteiger partial charge in [0.2, 0.25) is 11.8 Å².